The lowest BCUT2D eigenvalue weighted by Gasteiger charge is -2.28. The Morgan fingerprint density at radius 2 is 1.89 bits per heavy atom. The van der Waals surface area contributed by atoms with Crippen molar-refractivity contribution in [3.05, 3.63) is 59.7 Å². The normalized spacial score (nSPS) is 12.3. The molecule has 1 atom stereocenters. The van der Waals surface area contributed by atoms with Crippen LogP contribution < -0.4 is 14.4 Å². The highest BCUT2D eigenvalue weighted by molar-refractivity contribution is 7.92. The van der Waals surface area contributed by atoms with E-state index in [2.05, 4.69) is 5.32 Å². The van der Waals surface area contributed by atoms with Crippen LogP contribution in [0.15, 0.2) is 48.5 Å². The van der Waals surface area contributed by atoms with E-state index in [4.69, 9.17) is 4.74 Å². The highest BCUT2D eigenvalue weighted by Crippen LogP contribution is 2.22. The molecule has 7 heteroatoms. The van der Waals surface area contributed by atoms with E-state index in [9.17, 15) is 13.2 Å². The standard InChI is InChI=1S/C21H28N2O4S/c1-16-8-5-11-19(14-16)23(28(4,25)26)17(2)21(24)22-13-7-10-18-9-6-12-20(15-18)27-3/h5-6,8-9,11-12,14-15,17H,7,10,13H2,1-4H3,(H,22,24)/t17-/m0/s1. The van der Waals surface area contributed by atoms with Gasteiger partial charge >= 0.3 is 0 Å². The largest absolute Gasteiger partial charge is 0.497 e. The van der Waals surface area contributed by atoms with Crippen LogP contribution in [0.5, 0.6) is 5.75 Å². The van der Waals surface area contributed by atoms with E-state index in [1.54, 1.807) is 32.2 Å². The number of hydrogen-bond acceptors (Lipinski definition) is 4. The third-order valence-electron chi connectivity index (χ3n) is 4.42. The Labute approximate surface area is 167 Å². The minimum absolute atomic E-state index is 0.322. The van der Waals surface area contributed by atoms with Gasteiger partial charge in [-0.2, -0.15) is 0 Å². The van der Waals surface area contributed by atoms with Crippen molar-refractivity contribution in [1.82, 2.24) is 5.32 Å². The maximum Gasteiger partial charge on any atom is 0.243 e. The molecule has 152 valence electrons. The van der Waals surface area contributed by atoms with Crippen LogP contribution in [0.1, 0.15) is 24.5 Å². The molecule has 0 fully saturated rings. The Bertz CT molecular complexity index is 912. The van der Waals surface area contributed by atoms with Gasteiger partial charge in [-0.1, -0.05) is 24.3 Å². The van der Waals surface area contributed by atoms with Gasteiger partial charge in [0.1, 0.15) is 11.8 Å². The molecule has 28 heavy (non-hydrogen) atoms. The lowest BCUT2D eigenvalue weighted by Crippen LogP contribution is -2.48. The zero-order chi connectivity index (χ0) is 20.7. The molecular weight excluding hydrogens is 376 g/mol. The predicted molar refractivity (Wildman–Crippen MR) is 112 cm³/mol. The highest BCUT2D eigenvalue weighted by Gasteiger charge is 2.28. The number of ether oxygens (including phenoxy) is 1. The van der Waals surface area contributed by atoms with E-state index >= 15 is 0 Å². The third kappa shape index (κ3) is 5.99. The fourth-order valence-corrected chi connectivity index (χ4v) is 4.22. The summed E-state index contributed by atoms with van der Waals surface area (Å²) in [7, 11) is -1.97. The van der Waals surface area contributed by atoms with E-state index in [1.165, 1.54) is 0 Å². The van der Waals surface area contributed by atoms with Gasteiger partial charge in [0.15, 0.2) is 0 Å². The van der Waals surface area contributed by atoms with Crippen molar-refractivity contribution in [2.24, 2.45) is 0 Å². The molecule has 0 unspecified atom stereocenters. The smallest absolute Gasteiger partial charge is 0.243 e. The van der Waals surface area contributed by atoms with Gasteiger partial charge in [0.25, 0.3) is 0 Å². The van der Waals surface area contributed by atoms with E-state index < -0.39 is 16.1 Å². The number of hydrogen-bond donors (Lipinski definition) is 1. The van der Waals surface area contributed by atoms with Crippen molar-refractivity contribution in [2.45, 2.75) is 32.7 Å². The monoisotopic (exact) mass is 404 g/mol. The molecule has 1 N–H and O–H groups in total. The molecule has 0 bridgehead atoms. The SMILES string of the molecule is COc1cccc(CCCNC(=O)[C@H](C)N(c2cccc(C)c2)S(C)(=O)=O)c1. The summed E-state index contributed by atoms with van der Waals surface area (Å²) in [5.41, 5.74) is 2.54. The maximum absolute atomic E-state index is 12.6. The van der Waals surface area contributed by atoms with E-state index in [0.29, 0.717) is 12.2 Å². The van der Waals surface area contributed by atoms with Crippen LogP contribution in [0, 0.1) is 6.92 Å². The first-order chi connectivity index (χ1) is 13.2. The van der Waals surface area contributed by atoms with Crippen molar-refractivity contribution >= 4 is 21.6 Å². The first kappa shape index (κ1) is 21.8. The minimum atomic E-state index is -3.60. The maximum atomic E-state index is 12.6. The summed E-state index contributed by atoms with van der Waals surface area (Å²) >= 11 is 0. The topological polar surface area (TPSA) is 75.7 Å². The van der Waals surface area contributed by atoms with Crippen molar-refractivity contribution < 1.29 is 17.9 Å². The zero-order valence-corrected chi connectivity index (χ0v) is 17.6. The molecule has 0 aliphatic rings. The van der Waals surface area contributed by atoms with Crippen LogP contribution in [0.25, 0.3) is 0 Å². The number of nitrogens with one attached hydrogen (secondary N) is 1. The van der Waals surface area contributed by atoms with Gasteiger partial charge in [-0.05, 0) is 62.1 Å². The molecule has 6 nitrogen and oxygen atoms in total. The Hall–Kier alpha value is -2.54. The van der Waals surface area contributed by atoms with Gasteiger partial charge in [-0.3, -0.25) is 9.10 Å². The van der Waals surface area contributed by atoms with Crippen molar-refractivity contribution in [3.63, 3.8) is 0 Å². The number of carbonyl (C=O) groups excluding carboxylic acids is 1. The molecule has 0 saturated carbocycles. The second kappa shape index (κ2) is 9.59. The van der Waals surface area contributed by atoms with E-state index in [0.717, 1.165) is 40.3 Å². The summed E-state index contributed by atoms with van der Waals surface area (Å²) < 4.78 is 31.0. The molecular formula is C21H28N2O4S. The van der Waals surface area contributed by atoms with Gasteiger partial charge in [0.2, 0.25) is 15.9 Å². The van der Waals surface area contributed by atoms with Gasteiger partial charge < -0.3 is 10.1 Å². The molecule has 2 rings (SSSR count). The summed E-state index contributed by atoms with van der Waals surface area (Å²) in [6.45, 7) is 3.94. The summed E-state index contributed by atoms with van der Waals surface area (Å²) in [5.74, 6) is 0.481. The van der Waals surface area contributed by atoms with Crippen LogP contribution in [0.2, 0.25) is 0 Å². The molecule has 0 heterocycles. The number of benzene rings is 2. The summed E-state index contributed by atoms with van der Waals surface area (Å²) in [6, 6.07) is 14.1. The fourth-order valence-electron chi connectivity index (χ4n) is 3.05. The average Bonchev–Trinajstić information content (AvgIpc) is 2.64. The predicted octanol–water partition coefficient (Wildman–Crippen LogP) is 2.91. The molecule has 0 aliphatic carbocycles. The Balaban J connectivity index is 1.97. The van der Waals surface area contributed by atoms with Gasteiger partial charge in [0.05, 0.1) is 19.1 Å². The van der Waals surface area contributed by atoms with Crippen LogP contribution in [-0.4, -0.2) is 40.3 Å². The van der Waals surface area contributed by atoms with E-state index in [1.807, 2.05) is 37.3 Å². The Morgan fingerprint density at radius 1 is 1.18 bits per heavy atom. The number of anilines is 1. The fraction of sp³-hybridized carbons (Fsp3) is 0.381. The molecule has 0 aliphatic heterocycles. The first-order valence-electron chi connectivity index (χ1n) is 9.19. The van der Waals surface area contributed by atoms with E-state index in [-0.39, 0.29) is 5.91 Å². The number of nitrogens with zero attached hydrogens (tertiary/aromatic N) is 1. The lowest BCUT2D eigenvalue weighted by atomic mass is 10.1. The summed E-state index contributed by atoms with van der Waals surface area (Å²) in [4.78, 5) is 12.6. The first-order valence-corrected chi connectivity index (χ1v) is 11.0. The summed E-state index contributed by atoms with van der Waals surface area (Å²) in [5, 5.41) is 2.84. The lowest BCUT2D eigenvalue weighted by molar-refractivity contribution is -0.121. The van der Waals surface area contributed by atoms with Gasteiger partial charge in [0, 0.05) is 6.54 Å². The molecule has 0 spiro atoms. The Kier molecular flexibility index (Phi) is 7.45. The molecule has 0 radical (unpaired) electrons. The van der Waals surface area contributed by atoms with Crippen molar-refractivity contribution in [1.29, 1.82) is 0 Å². The molecule has 2 aromatic rings. The number of carbonyl (C=O) groups is 1. The quantitative estimate of drug-likeness (QED) is 0.652. The summed E-state index contributed by atoms with van der Waals surface area (Å²) in [6.07, 6.45) is 2.65. The molecule has 2 aromatic carbocycles. The van der Waals surface area contributed by atoms with Gasteiger partial charge in [-0.25, -0.2) is 8.42 Å². The molecule has 0 saturated heterocycles. The number of sulfonamides is 1. The molecule has 1 amide bonds. The third-order valence-corrected chi connectivity index (χ3v) is 5.66. The number of methoxy groups -OCH3 is 1. The zero-order valence-electron chi connectivity index (χ0n) is 16.8. The van der Waals surface area contributed by atoms with Crippen LogP contribution in [0.4, 0.5) is 5.69 Å². The number of aryl methyl sites for hydroxylation is 2. The van der Waals surface area contributed by atoms with Crippen LogP contribution in [-0.2, 0) is 21.2 Å². The number of amides is 1. The van der Waals surface area contributed by atoms with Crippen molar-refractivity contribution in [3.8, 4) is 5.75 Å². The average molecular weight is 405 g/mol. The molecule has 0 aromatic heterocycles. The second-order valence-electron chi connectivity index (χ2n) is 6.82. The second-order valence-corrected chi connectivity index (χ2v) is 8.68. The van der Waals surface area contributed by atoms with Crippen molar-refractivity contribution in [2.75, 3.05) is 24.2 Å². The number of rotatable bonds is 9. The van der Waals surface area contributed by atoms with Crippen LogP contribution >= 0.6 is 0 Å². The Morgan fingerprint density at radius 3 is 2.54 bits per heavy atom. The minimum Gasteiger partial charge on any atom is -0.497 e. The van der Waals surface area contributed by atoms with Gasteiger partial charge in [-0.15, -0.1) is 0 Å². The highest BCUT2D eigenvalue weighted by atomic mass is 32.2. The van der Waals surface area contributed by atoms with Crippen LogP contribution in [0.3, 0.4) is 0 Å².